The standard InChI is InChI=1S/C17H31N3O/c1-11(2)7-15-10-20(16(9-18-15)12(3)4)14(6)17-19-8-13(5)21-17/h8,11-12,14-16,18H,7,9-10H2,1-6H3. The predicted octanol–water partition coefficient (Wildman–Crippen LogP) is 3.39. The molecule has 1 aromatic heterocycles. The molecule has 1 aliphatic heterocycles. The number of oxazole rings is 1. The molecule has 0 bridgehead atoms. The molecular weight excluding hydrogens is 262 g/mol. The van der Waals surface area contributed by atoms with Crippen molar-refractivity contribution in [3.8, 4) is 0 Å². The van der Waals surface area contributed by atoms with E-state index in [1.807, 2.05) is 13.1 Å². The molecule has 1 fully saturated rings. The fraction of sp³-hybridized carbons (Fsp3) is 0.824. The summed E-state index contributed by atoms with van der Waals surface area (Å²) in [5, 5.41) is 3.73. The Bertz CT molecular complexity index is 441. The summed E-state index contributed by atoms with van der Waals surface area (Å²) in [7, 11) is 0. The molecule has 4 nitrogen and oxygen atoms in total. The molecule has 4 heteroatoms. The van der Waals surface area contributed by atoms with E-state index < -0.39 is 0 Å². The van der Waals surface area contributed by atoms with Crippen molar-refractivity contribution in [2.24, 2.45) is 11.8 Å². The number of nitrogens with zero attached hydrogens (tertiary/aromatic N) is 2. The lowest BCUT2D eigenvalue weighted by molar-refractivity contribution is 0.0464. The molecule has 1 aromatic rings. The maximum Gasteiger partial charge on any atom is 0.211 e. The van der Waals surface area contributed by atoms with Crippen LogP contribution in [0.1, 0.15) is 58.7 Å². The Labute approximate surface area is 129 Å². The first-order valence-electron chi connectivity index (χ1n) is 8.30. The number of aryl methyl sites for hydroxylation is 1. The molecule has 3 atom stereocenters. The van der Waals surface area contributed by atoms with Crippen molar-refractivity contribution < 1.29 is 4.42 Å². The minimum absolute atomic E-state index is 0.239. The molecule has 0 spiro atoms. The third-order valence-corrected chi connectivity index (χ3v) is 4.49. The average Bonchev–Trinajstić information content (AvgIpc) is 2.83. The summed E-state index contributed by atoms with van der Waals surface area (Å²) in [5.74, 6) is 3.09. The van der Waals surface area contributed by atoms with E-state index in [2.05, 4.69) is 49.8 Å². The van der Waals surface area contributed by atoms with Crippen LogP contribution in [0.2, 0.25) is 0 Å². The summed E-state index contributed by atoms with van der Waals surface area (Å²) in [4.78, 5) is 7.02. The largest absolute Gasteiger partial charge is 0.444 e. The SMILES string of the molecule is Cc1cnc(C(C)N2CC(CC(C)C)NCC2C(C)C)o1. The smallest absolute Gasteiger partial charge is 0.211 e. The summed E-state index contributed by atoms with van der Waals surface area (Å²) >= 11 is 0. The van der Waals surface area contributed by atoms with E-state index >= 15 is 0 Å². The van der Waals surface area contributed by atoms with E-state index in [-0.39, 0.29) is 6.04 Å². The van der Waals surface area contributed by atoms with E-state index in [1.165, 1.54) is 6.42 Å². The molecule has 3 unspecified atom stereocenters. The summed E-state index contributed by atoms with van der Waals surface area (Å²) in [6.07, 6.45) is 3.04. The van der Waals surface area contributed by atoms with Gasteiger partial charge in [0.15, 0.2) is 0 Å². The minimum Gasteiger partial charge on any atom is -0.444 e. The fourth-order valence-electron chi connectivity index (χ4n) is 3.36. The van der Waals surface area contributed by atoms with Gasteiger partial charge in [0.25, 0.3) is 0 Å². The third kappa shape index (κ3) is 4.07. The highest BCUT2D eigenvalue weighted by Crippen LogP contribution is 2.28. The van der Waals surface area contributed by atoms with Crippen molar-refractivity contribution in [2.45, 2.75) is 66.1 Å². The molecule has 2 rings (SSSR count). The molecule has 0 radical (unpaired) electrons. The Hall–Kier alpha value is -0.870. The quantitative estimate of drug-likeness (QED) is 0.903. The monoisotopic (exact) mass is 293 g/mol. The molecular formula is C17H31N3O. The first-order valence-corrected chi connectivity index (χ1v) is 8.30. The van der Waals surface area contributed by atoms with E-state index in [0.29, 0.717) is 18.0 Å². The number of nitrogens with one attached hydrogen (secondary N) is 1. The van der Waals surface area contributed by atoms with Crippen LogP contribution in [0.5, 0.6) is 0 Å². The van der Waals surface area contributed by atoms with Crippen molar-refractivity contribution in [3.63, 3.8) is 0 Å². The van der Waals surface area contributed by atoms with Crippen molar-refractivity contribution >= 4 is 0 Å². The lowest BCUT2D eigenvalue weighted by Crippen LogP contribution is -2.58. The second-order valence-electron chi connectivity index (χ2n) is 7.23. The second kappa shape index (κ2) is 6.93. The number of aromatic nitrogens is 1. The zero-order chi connectivity index (χ0) is 15.6. The Morgan fingerprint density at radius 3 is 2.57 bits per heavy atom. The van der Waals surface area contributed by atoms with Gasteiger partial charge in [0.05, 0.1) is 12.2 Å². The Kier molecular flexibility index (Phi) is 5.44. The van der Waals surface area contributed by atoms with Crippen LogP contribution >= 0.6 is 0 Å². The van der Waals surface area contributed by atoms with Gasteiger partial charge in [0.2, 0.25) is 5.89 Å². The topological polar surface area (TPSA) is 41.3 Å². The van der Waals surface area contributed by atoms with Gasteiger partial charge in [0.1, 0.15) is 5.76 Å². The Morgan fingerprint density at radius 2 is 2.05 bits per heavy atom. The number of rotatable bonds is 5. The van der Waals surface area contributed by atoms with Crippen LogP contribution in [-0.2, 0) is 0 Å². The zero-order valence-corrected chi connectivity index (χ0v) is 14.4. The van der Waals surface area contributed by atoms with Crippen LogP contribution in [0.25, 0.3) is 0 Å². The molecule has 21 heavy (non-hydrogen) atoms. The van der Waals surface area contributed by atoms with Crippen molar-refractivity contribution in [1.82, 2.24) is 15.2 Å². The molecule has 1 aliphatic rings. The fourth-order valence-corrected chi connectivity index (χ4v) is 3.36. The summed E-state index contributed by atoms with van der Waals surface area (Å²) in [6, 6.07) is 1.34. The summed E-state index contributed by atoms with van der Waals surface area (Å²) < 4.78 is 5.77. The highest BCUT2D eigenvalue weighted by atomic mass is 16.4. The highest BCUT2D eigenvalue weighted by Gasteiger charge is 2.34. The van der Waals surface area contributed by atoms with Crippen molar-refractivity contribution in [2.75, 3.05) is 13.1 Å². The molecule has 0 aliphatic carbocycles. The van der Waals surface area contributed by atoms with Crippen molar-refractivity contribution in [3.05, 3.63) is 17.8 Å². The van der Waals surface area contributed by atoms with E-state index in [0.717, 1.165) is 30.7 Å². The van der Waals surface area contributed by atoms with Gasteiger partial charge in [-0.1, -0.05) is 27.7 Å². The molecule has 1 N–H and O–H groups in total. The number of hydrogen-bond acceptors (Lipinski definition) is 4. The minimum atomic E-state index is 0.239. The van der Waals surface area contributed by atoms with Crippen LogP contribution in [0.3, 0.4) is 0 Å². The summed E-state index contributed by atoms with van der Waals surface area (Å²) in [6.45, 7) is 15.5. The lowest BCUT2D eigenvalue weighted by atomic mass is 9.93. The van der Waals surface area contributed by atoms with E-state index in [4.69, 9.17) is 4.42 Å². The van der Waals surface area contributed by atoms with Crippen molar-refractivity contribution in [1.29, 1.82) is 0 Å². The van der Waals surface area contributed by atoms with Crippen LogP contribution in [0.15, 0.2) is 10.6 Å². The van der Waals surface area contributed by atoms with Gasteiger partial charge >= 0.3 is 0 Å². The third-order valence-electron chi connectivity index (χ3n) is 4.49. The van der Waals surface area contributed by atoms with Gasteiger partial charge in [-0.15, -0.1) is 0 Å². The molecule has 120 valence electrons. The highest BCUT2D eigenvalue weighted by molar-refractivity contribution is 4.99. The molecule has 1 saturated heterocycles. The van der Waals surface area contributed by atoms with Crippen LogP contribution in [-0.4, -0.2) is 35.1 Å². The number of hydrogen-bond donors (Lipinski definition) is 1. The zero-order valence-electron chi connectivity index (χ0n) is 14.4. The molecule has 2 heterocycles. The average molecular weight is 293 g/mol. The van der Waals surface area contributed by atoms with Gasteiger partial charge in [-0.05, 0) is 32.1 Å². The van der Waals surface area contributed by atoms with Gasteiger partial charge < -0.3 is 9.73 Å². The maximum absolute atomic E-state index is 5.77. The van der Waals surface area contributed by atoms with Gasteiger partial charge in [-0.2, -0.15) is 0 Å². The Morgan fingerprint density at radius 1 is 1.33 bits per heavy atom. The van der Waals surface area contributed by atoms with Crippen LogP contribution in [0.4, 0.5) is 0 Å². The Balaban J connectivity index is 2.13. The van der Waals surface area contributed by atoms with E-state index in [9.17, 15) is 0 Å². The second-order valence-corrected chi connectivity index (χ2v) is 7.23. The van der Waals surface area contributed by atoms with E-state index in [1.54, 1.807) is 0 Å². The molecule has 0 saturated carbocycles. The van der Waals surface area contributed by atoms with Gasteiger partial charge in [-0.3, -0.25) is 4.90 Å². The number of piperazine rings is 1. The van der Waals surface area contributed by atoms with Gasteiger partial charge in [0, 0.05) is 25.2 Å². The normalized spacial score (nSPS) is 25.7. The molecule has 0 amide bonds. The summed E-state index contributed by atoms with van der Waals surface area (Å²) in [5.41, 5.74) is 0. The van der Waals surface area contributed by atoms with Crippen LogP contribution < -0.4 is 5.32 Å². The first kappa shape index (κ1) is 16.5. The first-order chi connectivity index (χ1) is 9.88. The van der Waals surface area contributed by atoms with Crippen LogP contribution in [0, 0.1) is 18.8 Å². The predicted molar refractivity (Wildman–Crippen MR) is 86.2 cm³/mol. The maximum atomic E-state index is 5.77. The van der Waals surface area contributed by atoms with Gasteiger partial charge in [-0.25, -0.2) is 4.98 Å². The lowest BCUT2D eigenvalue weighted by Gasteiger charge is -2.45. The molecule has 0 aromatic carbocycles.